The number of halogens is 2. The molecule has 108 valence electrons. The van der Waals surface area contributed by atoms with Crippen LogP contribution in [0.25, 0.3) is 0 Å². The van der Waals surface area contributed by atoms with Crippen LogP contribution in [0.4, 0.5) is 10.1 Å². The highest BCUT2D eigenvalue weighted by atomic mass is 35.5. The van der Waals surface area contributed by atoms with E-state index < -0.39 is 17.5 Å². The lowest BCUT2D eigenvalue weighted by Crippen LogP contribution is -2.30. The molecule has 1 amide bonds. The fourth-order valence-corrected chi connectivity index (χ4v) is 2.53. The number of rotatable bonds is 2. The minimum atomic E-state index is -0.756. The molecule has 21 heavy (non-hydrogen) atoms. The molecule has 2 heterocycles. The van der Waals surface area contributed by atoms with Gasteiger partial charge < -0.3 is 4.57 Å². The molecule has 0 atom stereocenters. The largest absolute Gasteiger partial charge is 0.321 e. The summed E-state index contributed by atoms with van der Waals surface area (Å²) in [5.74, 6) is -1.58. The number of hydrogen-bond acceptors (Lipinski definition) is 3. The zero-order valence-electron chi connectivity index (χ0n) is 11.4. The van der Waals surface area contributed by atoms with Gasteiger partial charge in [0.05, 0.1) is 24.0 Å². The molecule has 1 aromatic carbocycles. The summed E-state index contributed by atoms with van der Waals surface area (Å²) < 4.78 is 15.7. The van der Waals surface area contributed by atoms with Gasteiger partial charge in [0.25, 0.3) is 11.7 Å². The number of aromatic nitrogens is 2. The number of nitrogens with zero attached hydrogens (tertiary/aromatic N) is 3. The molecule has 0 bridgehead atoms. The first-order valence-corrected chi connectivity index (χ1v) is 6.60. The molecule has 0 spiro atoms. The SMILES string of the molecule is Cc1cc(F)c2c(c1)C(=O)C(=O)N2Cc1ncc(Cl)n1C. The monoisotopic (exact) mass is 307 g/mol. The lowest BCUT2D eigenvalue weighted by Gasteiger charge is -2.17. The van der Waals surface area contributed by atoms with E-state index in [4.69, 9.17) is 11.6 Å². The number of anilines is 1. The van der Waals surface area contributed by atoms with E-state index in [9.17, 15) is 14.0 Å². The molecule has 7 heteroatoms. The molecule has 2 aromatic rings. The Morgan fingerprint density at radius 1 is 1.33 bits per heavy atom. The zero-order valence-corrected chi connectivity index (χ0v) is 12.1. The first kappa shape index (κ1) is 13.8. The van der Waals surface area contributed by atoms with Crippen molar-refractivity contribution in [3.8, 4) is 0 Å². The van der Waals surface area contributed by atoms with Crippen LogP contribution in [0, 0.1) is 12.7 Å². The molecule has 3 rings (SSSR count). The Morgan fingerprint density at radius 3 is 2.67 bits per heavy atom. The quantitative estimate of drug-likeness (QED) is 0.800. The topological polar surface area (TPSA) is 55.2 Å². The summed E-state index contributed by atoms with van der Waals surface area (Å²) in [6, 6.07) is 2.81. The number of amides is 1. The number of fused-ring (bicyclic) bond motifs is 1. The maximum absolute atomic E-state index is 14.2. The normalized spacial score (nSPS) is 14.0. The van der Waals surface area contributed by atoms with E-state index in [0.717, 1.165) is 4.90 Å². The summed E-state index contributed by atoms with van der Waals surface area (Å²) in [6.45, 7) is 1.66. The van der Waals surface area contributed by atoms with Crippen LogP contribution in [0.3, 0.4) is 0 Å². The van der Waals surface area contributed by atoms with Crippen LogP contribution >= 0.6 is 11.6 Å². The Morgan fingerprint density at radius 2 is 2.05 bits per heavy atom. The van der Waals surface area contributed by atoms with E-state index in [0.29, 0.717) is 16.5 Å². The van der Waals surface area contributed by atoms with Gasteiger partial charge in [-0.05, 0) is 24.6 Å². The van der Waals surface area contributed by atoms with E-state index in [1.54, 1.807) is 18.5 Å². The first-order chi connectivity index (χ1) is 9.90. The Labute approximate surface area is 124 Å². The fourth-order valence-electron chi connectivity index (χ4n) is 2.38. The average molecular weight is 308 g/mol. The maximum Gasteiger partial charge on any atom is 0.299 e. The molecular formula is C14H11ClFN3O2. The van der Waals surface area contributed by atoms with Gasteiger partial charge in [0.1, 0.15) is 16.8 Å². The molecule has 0 saturated heterocycles. The number of imidazole rings is 1. The Balaban J connectivity index is 2.08. The number of carbonyl (C=O) groups is 2. The van der Waals surface area contributed by atoms with Gasteiger partial charge in [-0.15, -0.1) is 0 Å². The van der Waals surface area contributed by atoms with Gasteiger partial charge >= 0.3 is 0 Å². The van der Waals surface area contributed by atoms with Crippen LogP contribution < -0.4 is 4.90 Å². The van der Waals surface area contributed by atoms with Crippen molar-refractivity contribution in [2.45, 2.75) is 13.5 Å². The molecule has 1 aliphatic rings. The first-order valence-electron chi connectivity index (χ1n) is 6.22. The number of hydrogen-bond donors (Lipinski definition) is 0. The lowest BCUT2D eigenvalue weighted by molar-refractivity contribution is -0.114. The Bertz CT molecular complexity index is 785. The van der Waals surface area contributed by atoms with Crippen molar-refractivity contribution >= 4 is 29.0 Å². The Kier molecular flexibility index (Phi) is 3.06. The summed E-state index contributed by atoms with van der Waals surface area (Å²) >= 11 is 5.89. The van der Waals surface area contributed by atoms with Crippen LogP contribution in [0.1, 0.15) is 21.7 Å². The summed E-state index contributed by atoms with van der Waals surface area (Å²) in [7, 11) is 1.68. The van der Waals surface area contributed by atoms with Crippen LogP contribution in [-0.4, -0.2) is 21.2 Å². The summed E-state index contributed by atoms with van der Waals surface area (Å²) in [6.07, 6.45) is 1.44. The molecule has 0 fully saturated rings. The summed E-state index contributed by atoms with van der Waals surface area (Å²) in [4.78, 5) is 29.2. The third-order valence-electron chi connectivity index (χ3n) is 3.49. The van der Waals surface area contributed by atoms with Gasteiger partial charge in [-0.2, -0.15) is 0 Å². The van der Waals surface area contributed by atoms with Gasteiger partial charge in [-0.25, -0.2) is 9.37 Å². The van der Waals surface area contributed by atoms with Crippen molar-refractivity contribution in [3.63, 3.8) is 0 Å². The number of ketones is 1. The number of aryl methyl sites for hydroxylation is 1. The van der Waals surface area contributed by atoms with Crippen molar-refractivity contribution in [2.75, 3.05) is 4.90 Å². The third kappa shape index (κ3) is 2.03. The van der Waals surface area contributed by atoms with E-state index >= 15 is 0 Å². The van der Waals surface area contributed by atoms with Crippen LogP contribution in [0.5, 0.6) is 0 Å². The van der Waals surface area contributed by atoms with Gasteiger partial charge in [-0.3, -0.25) is 14.5 Å². The molecule has 0 radical (unpaired) electrons. The number of benzene rings is 1. The van der Waals surface area contributed by atoms with Crippen LogP contribution in [0.15, 0.2) is 18.3 Å². The predicted octanol–water partition coefficient (Wildman–Crippen LogP) is 2.25. The fraction of sp³-hybridized carbons (Fsp3) is 0.214. The highest BCUT2D eigenvalue weighted by molar-refractivity contribution is 6.52. The summed E-state index contributed by atoms with van der Waals surface area (Å²) in [5.41, 5.74) is 0.696. The molecule has 1 aliphatic heterocycles. The van der Waals surface area contributed by atoms with Gasteiger partial charge in [0.15, 0.2) is 0 Å². The van der Waals surface area contributed by atoms with Gasteiger partial charge in [-0.1, -0.05) is 11.6 Å². The highest BCUT2D eigenvalue weighted by Crippen LogP contribution is 2.33. The molecule has 0 aliphatic carbocycles. The van der Waals surface area contributed by atoms with Crippen molar-refractivity contribution in [1.82, 2.24) is 9.55 Å². The second-order valence-corrected chi connectivity index (χ2v) is 5.31. The van der Waals surface area contributed by atoms with Crippen molar-refractivity contribution < 1.29 is 14.0 Å². The zero-order chi connectivity index (χ0) is 15.3. The number of carbonyl (C=O) groups excluding carboxylic acids is 2. The molecule has 1 aromatic heterocycles. The Hall–Kier alpha value is -2.21. The summed E-state index contributed by atoms with van der Waals surface area (Å²) in [5, 5.41) is 0.396. The standard InChI is InChI=1S/C14H11ClFN3O2/c1-7-3-8-12(9(16)4-7)19(14(21)13(8)20)6-11-17-5-10(15)18(11)2/h3-5H,6H2,1-2H3. The third-order valence-corrected chi connectivity index (χ3v) is 3.84. The minimum absolute atomic E-state index is 0.00900. The maximum atomic E-state index is 14.2. The molecule has 0 N–H and O–H groups in total. The predicted molar refractivity (Wildman–Crippen MR) is 74.9 cm³/mol. The smallest absolute Gasteiger partial charge is 0.299 e. The molecular weight excluding hydrogens is 297 g/mol. The number of Topliss-reactive ketones (excluding diaryl/α,β-unsaturated/α-hetero) is 1. The average Bonchev–Trinajstić information content (AvgIpc) is 2.85. The molecule has 0 saturated carbocycles. The highest BCUT2D eigenvalue weighted by Gasteiger charge is 2.38. The van der Waals surface area contributed by atoms with Gasteiger partial charge in [0, 0.05) is 7.05 Å². The molecule has 5 nitrogen and oxygen atoms in total. The van der Waals surface area contributed by atoms with Crippen molar-refractivity contribution in [3.05, 3.63) is 46.3 Å². The van der Waals surface area contributed by atoms with E-state index in [1.807, 2.05) is 0 Å². The minimum Gasteiger partial charge on any atom is -0.321 e. The van der Waals surface area contributed by atoms with E-state index in [1.165, 1.54) is 18.3 Å². The second kappa shape index (κ2) is 4.66. The van der Waals surface area contributed by atoms with Crippen LogP contribution in [0.2, 0.25) is 5.15 Å². The van der Waals surface area contributed by atoms with E-state index in [2.05, 4.69) is 4.98 Å². The second-order valence-electron chi connectivity index (χ2n) is 4.92. The van der Waals surface area contributed by atoms with Crippen LogP contribution in [-0.2, 0) is 18.4 Å². The van der Waals surface area contributed by atoms with Crippen molar-refractivity contribution in [1.29, 1.82) is 0 Å². The lowest BCUT2D eigenvalue weighted by atomic mass is 10.1. The van der Waals surface area contributed by atoms with Gasteiger partial charge in [0.2, 0.25) is 0 Å². The van der Waals surface area contributed by atoms with Crippen molar-refractivity contribution in [2.24, 2.45) is 7.05 Å². The van der Waals surface area contributed by atoms with E-state index in [-0.39, 0.29) is 17.8 Å². The molecule has 0 unspecified atom stereocenters.